The lowest BCUT2D eigenvalue weighted by Crippen LogP contribution is -2.32. The summed E-state index contributed by atoms with van der Waals surface area (Å²) < 4.78 is 16.4. The zero-order valence-electron chi connectivity index (χ0n) is 18.3. The maximum Gasteiger partial charge on any atom is 0.273 e. The summed E-state index contributed by atoms with van der Waals surface area (Å²) in [5, 5.41) is 27.4. The highest BCUT2D eigenvalue weighted by molar-refractivity contribution is 6.00. The van der Waals surface area contributed by atoms with Crippen molar-refractivity contribution in [1.82, 2.24) is 15.1 Å². The van der Waals surface area contributed by atoms with Crippen molar-refractivity contribution in [2.75, 3.05) is 34.5 Å². The second-order valence-electron chi connectivity index (χ2n) is 7.46. The first-order valence-electron chi connectivity index (χ1n) is 10.0. The molecule has 9 heteroatoms. The van der Waals surface area contributed by atoms with Crippen LogP contribution in [0.2, 0.25) is 0 Å². The van der Waals surface area contributed by atoms with E-state index in [9.17, 15) is 15.0 Å². The number of carbonyl (C=O) groups excluding carboxylic acids is 1. The topological polar surface area (TPSA) is 117 Å². The number of H-pyrrole nitrogens is 1. The number of amides is 1. The van der Waals surface area contributed by atoms with Crippen LogP contribution in [0.4, 0.5) is 0 Å². The number of carbonyl (C=O) groups is 1. The Kier molecular flexibility index (Phi) is 5.67. The van der Waals surface area contributed by atoms with Gasteiger partial charge in [0.15, 0.2) is 11.5 Å². The summed E-state index contributed by atoms with van der Waals surface area (Å²) in [7, 11) is 4.56. The number of aromatic amines is 1. The molecule has 1 amide bonds. The van der Waals surface area contributed by atoms with Gasteiger partial charge in [-0.2, -0.15) is 5.10 Å². The molecule has 0 fully saturated rings. The van der Waals surface area contributed by atoms with E-state index in [0.29, 0.717) is 45.3 Å². The lowest BCUT2D eigenvalue weighted by atomic mass is 9.94. The van der Waals surface area contributed by atoms with Crippen LogP contribution in [-0.2, 0) is 0 Å². The minimum atomic E-state index is -0.591. The Hall–Kier alpha value is -3.72. The number of methoxy groups -OCH3 is 3. The number of phenols is 1. The normalized spacial score (nSPS) is 15.1. The molecule has 2 heterocycles. The second kappa shape index (κ2) is 8.43. The van der Waals surface area contributed by atoms with E-state index < -0.39 is 6.04 Å². The van der Waals surface area contributed by atoms with Gasteiger partial charge in [0.25, 0.3) is 5.91 Å². The van der Waals surface area contributed by atoms with Crippen LogP contribution < -0.4 is 14.2 Å². The molecule has 1 aliphatic rings. The number of nitrogens with zero attached hydrogens (tertiary/aromatic N) is 2. The number of β-amino-alcohol motifs (C(OH)–C–C–N with tert-alkyl or cyclic N) is 1. The van der Waals surface area contributed by atoms with Crippen molar-refractivity contribution in [3.63, 3.8) is 0 Å². The Morgan fingerprint density at radius 1 is 1.09 bits per heavy atom. The van der Waals surface area contributed by atoms with Gasteiger partial charge in [0, 0.05) is 17.7 Å². The van der Waals surface area contributed by atoms with E-state index in [-0.39, 0.29) is 24.8 Å². The summed E-state index contributed by atoms with van der Waals surface area (Å²) in [5.41, 5.74) is 3.53. The number of hydrogen-bond acceptors (Lipinski definition) is 7. The number of benzene rings is 2. The SMILES string of the molecule is COc1cc([C@@H]2c3c(-c4cc(C)ccc4O)n[nH]c3C(=O)N2CCO)cc(OC)c1OC. The highest BCUT2D eigenvalue weighted by Crippen LogP contribution is 2.48. The van der Waals surface area contributed by atoms with Gasteiger partial charge in [-0.3, -0.25) is 9.89 Å². The van der Waals surface area contributed by atoms with Gasteiger partial charge in [-0.05, 0) is 36.8 Å². The van der Waals surface area contributed by atoms with Gasteiger partial charge in [-0.15, -0.1) is 0 Å². The molecular weight excluding hydrogens is 414 g/mol. The number of fused-ring (bicyclic) bond motifs is 1. The summed E-state index contributed by atoms with van der Waals surface area (Å²) in [5.74, 6) is 1.08. The maximum atomic E-state index is 13.2. The number of rotatable bonds is 7. The molecule has 0 aliphatic carbocycles. The highest BCUT2D eigenvalue weighted by atomic mass is 16.5. The number of aromatic hydroxyl groups is 1. The van der Waals surface area contributed by atoms with Crippen LogP contribution in [0.1, 0.15) is 33.2 Å². The van der Waals surface area contributed by atoms with E-state index >= 15 is 0 Å². The number of aryl methyl sites for hydroxylation is 1. The number of aromatic nitrogens is 2. The molecule has 1 atom stereocenters. The van der Waals surface area contributed by atoms with Gasteiger partial charge in [-0.25, -0.2) is 0 Å². The number of aliphatic hydroxyl groups is 1. The van der Waals surface area contributed by atoms with Gasteiger partial charge in [0.2, 0.25) is 5.75 Å². The van der Waals surface area contributed by atoms with Crippen molar-refractivity contribution in [2.24, 2.45) is 0 Å². The number of phenolic OH excluding ortho intramolecular Hbond substituents is 1. The standard InChI is InChI=1S/C23H25N3O6/c1-12-5-6-15(28)14(9-12)19-18-20(25-24-19)23(29)26(7-8-27)21(18)13-10-16(30-2)22(32-4)17(11-13)31-3/h5-6,9-11,21,27-28H,7-8H2,1-4H3,(H,24,25)/t21-/m1/s1. The van der Waals surface area contributed by atoms with Crippen LogP contribution in [0.3, 0.4) is 0 Å². The quantitative estimate of drug-likeness (QED) is 0.518. The minimum Gasteiger partial charge on any atom is -0.507 e. The van der Waals surface area contributed by atoms with Crippen LogP contribution in [0.5, 0.6) is 23.0 Å². The molecular formula is C23H25N3O6. The van der Waals surface area contributed by atoms with Gasteiger partial charge < -0.3 is 29.3 Å². The summed E-state index contributed by atoms with van der Waals surface area (Å²) in [4.78, 5) is 14.7. The Labute approximate surface area is 185 Å². The summed E-state index contributed by atoms with van der Waals surface area (Å²) in [6, 6.07) is 8.16. The van der Waals surface area contributed by atoms with E-state index in [1.807, 2.05) is 13.0 Å². The van der Waals surface area contributed by atoms with Gasteiger partial charge in [-0.1, -0.05) is 11.6 Å². The third-order valence-electron chi connectivity index (χ3n) is 5.61. The molecule has 3 N–H and O–H groups in total. The fraction of sp³-hybridized carbons (Fsp3) is 0.304. The monoisotopic (exact) mass is 439 g/mol. The molecule has 0 unspecified atom stereocenters. The molecule has 32 heavy (non-hydrogen) atoms. The van der Waals surface area contributed by atoms with Crippen LogP contribution in [-0.4, -0.2) is 65.7 Å². The van der Waals surface area contributed by atoms with E-state index in [0.717, 1.165) is 5.56 Å². The molecule has 3 aromatic rings. The van der Waals surface area contributed by atoms with Crippen molar-refractivity contribution in [2.45, 2.75) is 13.0 Å². The van der Waals surface area contributed by atoms with Crippen molar-refractivity contribution in [3.8, 4) is 34.3 Å². The minimum absolute atomic E-state index is 0.0570. The number of ether oxygens (including phenoxy) is 3. The van der Waals surface area contributed by atoms with Gasteiger partial charge in [0.1, 0.15) is 17.1 Å². The summed E-state index contributed by atoms with van der Waals surface area (Å²) in [6.45, 7) is 1.81. The second-order valence-corrected chi connectivity index (χ2v) is 7.46. The molecule has 0 saturated heterocycles. The summed E-state index contributed by atoms with van der Waals surface area (Å²) in [6.07, 6.45) is 0. The molecule has 0 spiro atoms. The first-order valence-corrected chi connectivity index (χ1v) is 10.0. The molecule has 1 aromatic heterocycles. The maximum absolute atomic E-state index is 13.2. The average Bonchev–Trinajstić information content (AvgIpc) is 3.34. The van der Waals surface area contributed by atoms with Crippen LogP contribution in [0.25, 0.3) is 11.3 Å². The lowest BCUT2D eigenvalue weighted by Gasteiger charge is -2.27. The fourth-order valence-corrected chi connectivity index (χ4v) is 4.19. The predicted molar refractivity (Wildman–Crippen MR) is 116 cm³/mol. The average molecular weight is 439 g/mol. The van der Waals surface area contributed by atoms with Crippen molar-refractivity contribution in [1.29, 1.82) is 0 Å². The first-order chi connectivity index (χ1) is 15.4. The lowest BCUT2D eigenvalue weighted by molar-refractivity contribution is 0.0706. The van der Waals surface area contributed by atoms with Crippen LogP contribution >= 0.6 is 0 Å². The number of hydrogen-bond donors (Lipinski definition) is 3. The van der Waals surface area contributed by atoms with Gasteiger partial charge in [0.05, 0.1) is 34.0 Å². The van der Waals surface area contributed by atoms with Gasteiger partial charge >= 0.3 is 0 Å². The molecule has 0 bridgehead atoms. The number of aliphatic hydroxyl groups excluding tert-OH is 1. The Bertz CT molecular complexity index is 1150. The third-order valence-corrected chi connectivity index (χ3v) is 5.61. The molecule has 168 valence electrons. The Morgan fingerprint density at radius 3 is 2.38 bits per heavy atom. The van der Waals surface area contributed by atoms with E-state index in [4.69, 9.17) is 14.2 Å². The van der Waals surface area contributed by atoms with Crippen LogP contribution in [0, 0.1) is 6.92 Å². The highest BCUT2D eigenvalue weighted by Gasteiger charge is 2.43. The smallest absolute Gasteiger partial charge is 0.273 e. The van der Waals surface area contributed by atoms with E-state index in [1.54, 1.807) is 29.2 Å². The van der Waals surface area contributed by atoms with Crippen molar-refractivity contribution in [3.05, 3.63) is 52.7 Å². The molecule has 1 aliphatic heterocycles. The number of nitrogens with one attached hydrogen (secondary N) is 1. The van der Waals surface area contributed by atoms with Crippen LogP contribution in [0.15, 0.2) is 30.3 Å². The third kappa shape index (κ3) is 3.31. The molecule has 0 saturated carbocycles. The van der Waals surface area contributed by atoms with Crippen molar-refractivity contribution >= 4 is 5.91 Å². The predicted octanol–water partition coefficient (Wildman–Crippen LogP) is 2.65. The zero-order chi connectivity index (χ0) is 23.0. The largest absolute Gasteiger partial charge is 0.507 e. The van der Waals surface area contributed by atoms with E-state index in [2.05, 4.69) is 10.2 Å². The zero-order valence-corrected chi connectivity index (χ0v) is 18.3. The molecule has 0 radical (unpaired) electrons. The molecule has 2 aromatic carbocycles. The van der Waals surface area contributed by atoms with E-state index in [1.165, 1.54) is 21.3 Å². The molecule has 4 rings (SSSR count). The van der Waals surface area contributed by atoms with Crippen molar-refractivity contribution < 1.29 is 29.2 Å². The Morgan fingerprint density at radius 2 is 1.78 bits per heavy atom. The Balaban J connectivity index is 1.96. The fourth-order valence-electron chi connectivity index (χ4n) is 4.19. The first kappa shape index (κ1) is 21.5. The molecule has 9 nitrogen and oxygen atoms in total. The summed E-state index contributed by atoms with van der Waals surface area (Å²) >= 11 is 0.